The van der Waals surface area contributed by atoms with Gasteiger partial charge in [0.15, 0.2) is 0 Å². The van der Waals surface area contributed by atoms with Crippen LogP contribution in [-0.2, 0) is 10.0 Å². The Kier molecular flexibility index (Phi) is 4.98. The number of sulfonamides is 1. The largest absolute Gasteiger partial charge is 0.398 e. The number of terminal acetylenes is 1. The SMILES string of the molecule is C#CCN(CCC)S(=O)(=O)c1c(N)ccc(C)c1C. The Bertz CT molecular complexity index is 601. The van der Waals surface area contributed by atoms with Gasteiger partial charge in [-0.15, -0.1) is 6.42 Å². The second kappa shape index (κ2) is 6.09. The van der Waals surface area contributed by atoms with E-state index in [1.807, 2.05) is 19.9 Å². The molecule has 0 unspecified atom stereocenters. The van der Waals surface area contributed by atoms with Crippen molar-refractivity contribution < 1.29 is 8.42 Å². The molecule has 104 valence electrons. The number of nitrogens with two attached hydrogens (primary N) is 1. The van der Waals surface area contributed by atoms with Crippen molar-refractivity contribution in [2.45, 2.75) is 32.1 Å². The average molecular weight is 280 g/mol. The molecule has 0 aliphatic rings. The van der Waals surface area contributed by atoms with Crippen molar-refractivity contribution in [1.29, 1.82) is 0 Å². The lowest BCUT2D eigenvalue weighted by Gasteiger charge is -2.22. The van der Waals surface area contributed by atoms with Gasteiger partial charge in [-0.2, -0.15) is 4.31 Å². The summed E-state index contributed by atoms with van der Waals surface area (Å²) in [6, 6.07) is 3.43. The van der Waals surface area contributed by atoms with E-state index in [-0.39, 0.29) is 17.1 Å². The summed E-state index contributed by atoms with van der Waals surface area (Å²) in [6.45, 7) is 5.98. The fourth-order valence-electron chi connectivity index (χ4n) is 1.92. The van der Waals surface area contributed by atoms with Gasteiger partial charge in [0.2, 0.25) is 10.0 Å². The van der Waals surface area contributed by atoms with Crippen LogP contribution in [0.2, 0.25) is 0 Å². The van der Waals surface area contributed by atoms with E-state index in [1.165, 1.54) is 4.31 Å². The molecule has 1 aromatic rings. The molecular formula is C14H20N2O2S. The molecule has 2 N–H and O–H groups in total. The number of anilines is 1. The molecule has 19 heavy (non-hydrogen) atoms. The van der Waals surface area contributed by atoms with Crippen molar-refractivity contribution in [3.8, 4) is 12.3 Å². The minimum absolute atomic E-state index is 0.0585. The summed E-state index contributed by atoms with van der Waals surface area (Å²) in [5.74, 6) is 2.39. The van der Waals surface area contributed by atoms with Crippen molar-refractivity contribution in [2.24, 2.45) is 0 Å². The number of benzene rings is 1. The standard InChI is InChI=1S/C14H20N2O2S/c1-5-9-16(10-6-2)19(17,18)14-12(4)11(3)7-8-13(14)15/h1,7-8H,6,9-10,15H2,2-4H3. The van der Waals surface area contributed by atoms with E-state index in [2.05, 4.69) is 5.92 Å². The van der Waals surface area contributed by atoms with Crippen LogP contribution in [-0.4, -0.2) is 25.8 Å². The molecule has 0 fully saturated rings. The Balaban J connectivity index is 3.42. The summed E-state index contributed by atoms with van der Waals surface area (Å²) in [7, 11) is -3.64. The third-order valence-corrected chi connectivity index (χ3v) is 5.10. The van der Waals surface area contributed by atoms with E-state index in [9.17, 15) is 8.42 Å². The summed E-state index contributed by atoms with van der Waals surface area (Å²) in [6.07, 6.45) is 5.95. The van der Waals surface area contributed by atoms with Crippen LogP contribution in [0.15, 0.2) is 17.0 Å². The van der Waals surface area contributed by atoms with E-state index >= 15 is 0 Å². The zero-order valence-corrected chi connectivity index (χ0v) is 12.4. The maximum Gasteiger partial charge on any atom is 0.246 e. The van der Waals surface area contributed by atoms with Gasteiger partial charge < -0.3 is 5.73 Å². The minimum Gasteiger partial charge on any atom is -0.398 e. The fourth-order valence-corrected chi connectivity index (χ4v) is 3.76. The predicted octanol–water partition coefficient (Wildman–Crippen LogP) is 1.92. The van der Waals surface area contributed by atoms with Crippen LogP contribution in [0.1, 0.15) is 24.5 Å². The molecule has 0 saturated heterocycles. The maximum absolute atomic E-state index is 12.7. The third-order valence-electron chi connectivity index (χ3n) is 3.05. The number of rotatable bonds is 5. The lowest BCUT2D eigenvalue weighted by atomic mass is 10.1. The highest BCUT2D eigenvalue weighted by molar-refractivity contribution is 7.89. The molecule has 0 atom stereocenters. The van der Waals surface area contributed by atoms with Gasteiger partial charge in [0.1, 0.15) is 4.90 Å². The van der Waals surface area contributed by atoms with Crippen molar-refractivity contribution in [3.63, 3.8) is 0 Å². The normalized spacial score (nSPS) is 11.5. The molecule has 1 aromatic carbocycles. The van der Waals surface area contributed by atoms with Gasteiger partial charge in [-0.05, 0) is 37.5 Å². The molecule has 0 heterocycles. The number of nitrogen functional groups attached to an aromatic ring is 1. The Labute approximate surface area is 115 Å². The molecule has 0 aromatic heterocycles. The van der Waals surface area contributed by atoms with Gasteiger partial charge in [0.25, 0.3) is 0 Å². The third kappa shape index (κ3) is 3.09. The monoisotopic (exact) mass is 280 g/mol. The van der Waals surface area contributed by atoms with Crippen LogP contribution in [0, 0.1) is 26.2 Å². The predicted molar refractivity (Wildman–Crippen MR) is 78.2 cm³/mol. The molecule has 0 aliphatic heterocycles. The first-order chi connectivity index (χ1) is 8.86. The summed E-state index contributed by atoms with van der Waals surface area (Å²) < 4.78 is 26.6. The van der Waals surface area contributed by atoms with Crippen LogP contribution in [0.5, 0.6) is 0 Å². The van der Waals surface area contributed by atoms with E-state index in [0.717, 1.165) is 5.56 Å². The van der Waals surface area contributed by atoms with Gasteiger partial charge in [-0.3, -0.25) is 0 Å². The smallest absolute Gasteiger partial charge is 0.246 e. The molecule has 4 nitrogen and oxygen atoms in total. The fraction of sp³-hybridized carbons (Fsp3) is 0.429. The highest BCUT2D eigenvalue weighted by atomic mass is 32.2. The van der Waals surface area contributed by atoms with Crippen molar-refractivity contribution in [3.05, 3.63) is 23.3 Å². The lowest BCUT2D eigenvalue weighted by molar-refractivity contribution is 0.445. The molecule has 0 amide bonds. The van der Waals surface area contributed by atoms with Crippen LogP contribution >= 0.6 is 0 Å². The van der Waals surface area contributed by atoms with Crippen molar-refractivity contribution >= 4 is 15.7 Å². The van der Waals surface area contributed by atoms with Gasteiger partial charge in [-0.1, -0.05) is 18.9 Å². The van der Waals surface area contributed by atoms with E-state index < -0.39 is 10.0 Å². The van der Waals surface area contributed by atoms with Crippen LogP contribution < -0.4 is 5.73 Å². The summed E-state index contributed by atoms with van der Waals surface area (Å²) in [5.41, 5.74) is 7.69. The Hall–Kier alpha value is -1.51. The molecule has 0 saturated carbocycles. The van der Waals surface area contributed by atoms with E-state index in [4.69, 9.17) is 12.2 Å². The Morgan fingerprint density at radius 1 is 1.37 bits per heavy atom. The van der Waals surface area contributed by atoms with Gasteiger partial charge in [-0.25, -0.2) is 8.42 Å². The highest BCUT2D eigenvalue weighted by Crippen LogP contribution is 2.28. The van der Waals surface area contributed by atoms with Crippen LogP contribution in [0.25, 0.3) is 0 Å². The van der Waals surface area contributed by atoms with Crippen molar-refractivity contribution in [1.82, 2.24) is 4.31 Å². The maximum atomic E-state index is 12.7. The number of aryl methyl sites for hydroxylation is 1. The van der Waals surface area contributed by atoms with Gasteiger partial charge in [0.05, 0.1) is 12.2 Å². The zero-order valence-electron chi connectivity index (χ0n) is 11.6. The summed E-state index contributed by atoms with van der Waals surface area (Å²) in [4.78, 5) is 0.177. The molecular weight excluding hydrogens is 260 g/mol. The Morgan fingerprint density at radius 3 is 2.53 bits per heavy atom. The molecule has 1 rings (SSSR count). The second-order valence-electron chi connectivity index (χ2n) is 4.47. The lowest BCUT2D eigenvalue weighted by Crippen LogP contribution is -2.33. The second-order valence-corrected chi connectivity index (χ2v) is 6.34. The molecule has 0 aliphatic carbocycles. The number of hydrogen-bond donors (Lipinski definition) is 1. The molecule has 0 bridgehead atoms. The average Bonchev–Trinajstić information content (AvgIpc) is 2.34. The first-order valence-corrected chi connectivity index (χ1v) is 7.59. The van der Waals surface area contributed by atoms with E-state index in [0.29, 0.717) is 18.5 Å². The molecule has 0 radical (unpaired) electrons. The molecule has 5 heteroatoms. The summed E-state index contributed by atoms with van der Waals surface area (Å²) >= 11 is 0. The summed E-state index contributed by atoms with van der Waals surface area (Å²) in [5, 5.41) is 0. The first-order valence-electron chi connectivity index (χ1n) is 6.15. The van der Waals surface area contributed by atoms with E-state index in [1.54, 1.807) is 13.0 Å². The van der Waals surface area contributed by atoms with Gasteiger partial charge >= 0.3 is 0 Å². The van der Waals surface area contributed by atoms with Gasteiger partial charge in [0, 0.05) is 6.54 Å². The Morgan fingerprint density at radius 2 is 2.00 bits per heavy atom. The van der Waals surface area contributed by atoms with Crippen LogP contribution in [0.4, 0.5) is 5.69 Å². The van der Waals surface area contributed by atoms with Crippen LogP contribution in [0.3, 0.4) is 0 Å². The zero-order chi connectivity index (χ0) is 14.6. The number of nitrogens with zero attached hydrogens (tertiary/aromatic N) is 1. The quantitative estimate of drug-likeness (QED) is 0.662. The number of hydrogen-bond acceptors (Lipinski definition) is 3. The highest BCUT2D eigenvalue weighted by Gasteiger charge is 2.27. The van der Waals surface area contributed by atoms with Crippen molar-refractivity contribution in [2.75, 3.05) is 18.8 Å². The minimum atomic E-state index is -3.64. The topological polar surface area (TPSA) is 63.4 Å². The molecule has 0 spiro atoms. The first kappa shape index (κ1) is 15.5.